The maximum Gasteiger partial charge on any atom is 0.312 e. The summed E-state index contributed by atoms with van der Waals surface area (Å²) in [6.45, 7) is 7.08. The first-order valence-electron chi connectivity index (χ1n) is 8.36. The van der Waals surface area contributed by atoms with Crippen molar-refractivity contribution in [1.29, 1.82) is 0 Å². The van der Waals surface area contributed by atoms with Crippen LogP contribution in [0.2, 0.25) is 0 Å². The minimum Gasteiger partial charge on any atom is -0.452 e. The van der Waals surface area contributed by atoms with Gasteiger partial charge in [0.1, 0.15) is 0 Å². The molecule has 5 nitrogen and oxygen atoms in total. The molecule has 0 radical (unpaired) electrons. The standard InChI is InChI=1S/C17H25NO4/c1-5-17(3,4)16(21)22-9(2)14(19)18-13-11-7-6-10(8-11)12(13)15(18)20/h9-13H,5-8H2,1-4H3. The molecule has 3 aliphatic rings. The summed E-state index contributed by atoms with van der Waals surface area (Å²) in [4.78, 5) is 38.3. The summed E-state index contributed by atoms with van der Waals surface area (Å²) in [6.07, 6.45) is 3.06. The van der Waals surface area contributed by atoms with Crippen molar-refractivity contribution in [3.63, 3.8) is 0 Å². The second-order valence-corrected chi connectivity index (χ2v) is 7.68. The van der Waals surface area contributed by atoms with Gasteiger partial charge in [0.2, 0.25) is 5.91 Å². The zero-order valence-corrected chi connectivity index (χ0v) is 13.8. The second kappa shape index (κ2) is 5.07. The Kier molecular flexibility index (Phi) is 3.57. The third kappa shape index (κ3) is 2.09. The van der Waals surface area contributed by atoms with E-state index in [2.05, 4.69) is 0 Å². The lowest BCUT2D eigenvalue weighted by Crippen LogP contribution is -2.66. The molecule has 1 aliphatic heterocycles. The second-order valence-electron chi connectivity index (χ2n) is 7.68. The number of ether oxygens (including phenoxy) is 1. The predicted molar refractivity (Wildman–Crippen MR) is 79.6 cm³/mol. The smallest absolute Gasteiger partial charge is 0.312 e. The lowest BCUT2D eigenvalue weighted by atomic mass is 9.76. The molecule has 2 bridgehead atoms. The van der Waals surface area contributed by atoms with Gasteiger partial charge in [0, 0.05) is 0 Å². The normalized spacial score (nSPS) is 34.2. The number of likely N-dealkylation sites (tertiary alicyclic amines) is 1. The molecule has 0 spiro atoms. The van der Waals surface area contributed by atoms with Gasteiger partial charge in [-0.25, -0.2) is 0 Å². The summed E-state index contributed by atoms with van der Waals surface area (Å²) in [5.74, 6) is 0.208. The molecule has 122 valence electrons. The van der Waals surface area contributed by atoms with Crippen LogP contribution < -0.4 is 0 Å². The molecule has 22 heavy (non-hydrogen) atoms. The van der Waals surface area contributed by atoms with Crippen molar-refractivity contribution in [1.82, 2.24) is 4.90 Å². The number of esters is 1. The molecule has 1 saturated heterocycles. The van der Waals surface area contributed by atoms with E-state index in [0.717, 1.165) is 19.3 Å². The number of amides is 2. The van der Waals surface area contributed by atoms with Crippen LogP contribution in [-0.2, 0) is 19.1 Å². The molecule has 5 atom stereocenters. The summed E-state index contributed by atoms with van der Waals surface area (Å²) < 4.78 is 5.32. The van der Waals surface area contributed by atoms with E-state index in [-0.39, 0.29) is 29.7 Å². The SMILES string of the molecule is CCC(C)(C)C(=O)OC(C)C(=O)N1C(=O)C2C3CCC(C3)C21. The van der Waals surface area contributed by atoms with Crippen molar-refractivity contribution in [2.24, 2.45) is 23.2 Å². The average molecular weight is 307 g/mol. The first-order valence-corrected chi connectivity index (χ1v) is 8.36. The molecule has 2 saturated carbocycles. The molecule has 0 aromatic rings. The minimum atomic E-state index is -0.887. The van der Waals surface area contributed by atoms with Crippen LogP contribution in [0.4, 0.5) is 0 Å². The van der Waals surface area contributed by atoms with Gasteiger partial charge in [-0.15, -0.1) is 0 Å². The van der Waals surface area contributed by atoms with Gasteiger partial charge in [-0.1, -0.05) is 6.92 Å². The molecule has 3 rings (SSSR count). The van der Waals surface area contributed by atoms with E-state index in [4.69, 9.17) is 4.74 Å². The number of nitrogens with zero attached hydrogens (tertiary/aromatic N) is 1. The lowest BCUT2D eigenvalue weighted by Gasteiger charge is -2.48. The van der Waals surface area contributed by atoms with Crippen LogP contribution in [0.15, 0.2) is 0 Å². The quantitative estimate of drug-likeness (QED) is 0.589. The number of imide groups is 1. The fourth-order valence-corrected chi connectivity index (χ4v) is 4.17. The molecule has 1 heterocycles. The lowest BCUT2D eigenvalue weighted by molar-refractivity contribution is -0.181. The van der Waals surface area contributed by atoms with Gasteiger partial charge in [0.15, 0.2) is 6.10 Å². The highest BCUT2D eigenvalue weighted by molar-refractivity contribution is 6.04. The number of hydrogen-bond acceptors (Lipinski definition) is 4. The molecule has 0 aromatic heterocycles. The van der Waals surface area contributed by atoms with Crippen molar-refractivity contribution in [2.75, 3.05) is 0 Å². The highest BCUT2D eigenvalue weighted by atomic mass is 16.5. The molecule has 2 amide bonds. The molecule has 5 unspecified atom stereocenters. The van der Waals surface area contributed by atoms with Gasteiger partial charge in [0.05, 0.1) is 17.4 Å². The van der Waals surface area contributed by atoms with E-state index >= 15 is 0 Å². The number of carbonyl (C=O) groups excluding carboxylic acids is 3. The Labute approximate surface area is 131 Å². The first-order chi connectivity index (χ1) is 10.3. The van der Waals surface area contributed by atoms with Crippen LogP contribution in [0, 0.1) is 23.2 Å². The van der Waals surface area contributed by atoms with Crippen LogP contribution in [0.5, 0.6) is 0 Å². The Hall–Kier alpha value is -1.39. The van der Waals surface area contributed by atoms with Crippen LogP contribution in [0.1, 0.15) is 53.4 Å². The molecule has 0 aromatic carbocycles. The molecular formula is C17H25NO4. The van der Waals surface area contributed by atoms with Gasteiger partial charge in [-0.3, -0.25) is 19.3 Å². The summed E-state index contributed by atoms with van der Waals surface area (Å²) >= 11 is 0. The van der Waals surface area contributed by atoms with Crippen LogP contribution in [-0.4, -0.2) is 34.8 Å². The number of β-lactam (4-membered cyclic amide) rings is 1. The van der Waals surface area contributed by atoms with E-state index < -0.39 is 11.5 Å². The Morgan fingerprint density at radius 2 is 1.95 bits per heavy atom. The van der Waals surface area contributed by atoms with Crippen LogP contribution in [0.25, 0.3) is 0 Å². The molecule has 5 heteroatoms. The highest BCUT2D eigenvalue weighted by Crippen LogP contribution is 2.56. The Bertz CT molecular complexity index is 527. The number of fused-ring (bicyclic) bond motifs is 5. The third-order valence-electron chi connectivity index (χ3n) is 6.00. The summed E-state index contributed by atoms with van der Waals surface area (Å²) in [6, 6.07) is 0.0686. The highest BCUT2D eigenvalue weighted by Gasteiger charge is 2.64. The van der Waals surface area contributed by atoms with Gasteiger partial charge in [-0.05, 0) is 58.3 Å². The van der Waals surface area contributed by atoms with Crippen molar-refractivity contribution in [3.8, 4) is 0 Å². The van der Waals surface area contributed by atoms with E-state index in [1.807, 2.05) is 6.92 Å². The largest absolute Gasteiger partial charge is 0.452 e. The fraction of sp³-hybridized carbons (Fsp3) is 0.824. The average Bonchev–Trinajstić information content (AvgIpc) is 3.04. The number of carbonyl (C=O) groups is 3. The monoisotopic (exact) mass is 307 g/mol. The van der Waals surface area contributed by atoms with E-state index in [1.54, 1.807) is 20.8 Å². The molecule has 0 N–H and O–H groups in total. The maximum atomic E-state index is 12.5. The zero-order chi connectivity index (χ0) is 16.2. The van der Waals surface area contributed by atoms with Gasteiger partial charge in [-0.2, -0.15) is 0 Å². The first kappa shape index (κ1) is 15.5. The number of rotatable bonds is 4. The number of hydrogen-bond donors (Lipinski definition) is 0. The van der Waals surface area contributed by atoms with Crippen molar-refractivity contribution >= 4 is 17.8 Å². The predicted octanol–water partition coefficient (Wildman–Crippen LogP) is 2.14. The molecule has 3 fully saturated rings. The van der Waals surface area contributed by atoms with Gasteiger partial charge in [0.25, 0.3) is 5.91 Å². The van der Waals surface area contributed by atoms with Gasteiger partial charge < -0.3 is 4.74 Å². The van der Waals surface area contributed by atoms with E-state index in [9.17, 15) is 14.4 Å². The molecule has 2 aliphatic carbocycles. The Balaban J connectivity index is 1.65. The summed E-state index contributed by atoms with van der Waals surface area (Å²) in [5, 5.41) is 0. The minimum absolute atomic E-state index is 0.0534. The Morgan fingerprint density at radius 1 is 1.32 bits per heavy atom. The fourth-order valence-electron chi connectivity index (χ4n) is 4.17. The van der Waals surface area contributed by atoms with Crippen molar-refractivity contribution < 1.29 is 19.1 Å². The third-order valence-corrected chi connectivity index (χ3v) is 6.00. The summed E-state index contributed by atoms with van der Waals surface area (Å²) in [7, 11) is 0. The van der Waals surface area contributed by atoms with Crippen molar-refractivity contribution in [2.45, 2.75) is 65.5 Å². The van der Waals surface area contributed by atoms with Crippen molar-refractivity contribution in [3.05, 3.63) is 0 Å². The van der Waals surface area contributed by atoms with Gasteiger partial charge >= 0.3 is 5.97 Å². The van der Waals surface area contributed by atoms with Crippen LogP contribution in [0.3, 0.4) is 0 Å². The Morgan fingerprint density at radius 3 is 2.59 bits per heavy atom. The summed E-state index contributed by atoms with van der Waals surface area (Å²) in [5.41, 5.74) is -0.609. The maximum absolute atomic E-state index is 12.5. The van der Waals surface area contributed by atoms with Crippen LogP contribution >= 0.6 is 0 Å². The molecular weight excluding hydrogens is 282 g/mol. The zero-order valence-electron chi connectivity index (χ0n) is 13.8. The topological polar surface area (TPSA) is 63.7 Å². The van der Waals surface area contributed by atoms with E-state index in [0.29, 0.717) is 18.3 Å². The van der Waals surface area contributed by atoms with E-state index in [1.165, 1.54) is 4.90 Å².